The Kier molecular flexibility index (Phi) is 6.53. The molecule has 2 N–H and O–H groups in total. The first-order valence-electron chi connectivity index (χ1n) is 7.46. The molecule has 0 spiro atoms. The lowest BCUT2D eigenvalue weighted by molar-refractivity contribution is 0.106. The molecule has 0 amide bonds. The zero-order valence-electron chi connectivity index (χ0n) is 13.0. The predicted molar refractivity (Wildman–Crippen MR) is 82.2 cm³/mol. The van der Waals surface area contributed by atoms with E-state index in [1.807, 2.05) is 0 Å². The van der Waals surface area contributed by atoms with Gasteiger partial charge in [0.25, 0.3) is 0 Å². The highest BCUT2D eigenvalue weighted by Gasteiger charge is 2.22. The number of nitrogens with one attached hydrogen (secondary N) is 1. The van der Waals surface area contributed by atoms with Crippen molar-refractivity contribution in [3.8, 4) is 0 Å². The second kappa shape index (κ2) is 7.66. The third-order valence-corrected chi connectivity index (χ3v) is 3.46. The lowest BCUT2D eigenvalue weighted by Gasteiger charge is -2.27. The summed E-state index contributed by atoms with van der Waals surface area (Å²) in [5.41, 5.74) is 2.35. The molecule has 1 aromatic carbocycles. The summed E-state index contributed by atoms with van der Waals surface area (Å²) in [6, 6.07) is 8.52. The first-order chi connectivity index (χ1) is 8.95. The number of likely N-dealkylation sites (N-methyl/N-ethyl adjacent to an activating group) is 1. The summed E-state index contributed by atoms with van der Waals surface area (Å²) in [5, 5.41) is 13.9. The van der Waals surface area contributed by atoms with Gasteiger partial charge in [-0.05, 0) is 35.9 Å². The molecule has 0 fully saturated rings. The minimum Gasteiger partial charge on any atom is -0.387 e. The van der Waals surface area contributed by atoms with Crippen LogP contribution in [0.1, 0.15) is 51.8 Å². The van der Waals surface area contributed by atoms with Crippen LogP contribution >= 0.6 is 0 Å². The number of aliphatic hydroxyl groups excluding tert-OH is 1. The van der Waals surface area contributed by atoms with Crippen LogP contribution in [0.4, 0.5) is 0 Å². The van der Waals surface area contributed by atoms with Crippen LogP contribution in [0.2, 0.25) is 0 Å². The fourth-order valence-electron chi connectivity index (χ4n) is 2.48. The molecule has 19 heavy (non-hydrogen) atoms. The van der Waals surface area contributed by atoms with Gasteiger partial charge in [-0.3, -0.25) is 0 Å². The van der Waals surface area contributed by atoms with Crippen LogP contribution < -0.4 is 5.32 Å². The van der Waals surface area contributed by atoms with E-state index in [0.717, 1.165) is 18.5 Å². The molecule has 2 heteroatoms. The Labute approximate surface area is 118 Å². The van der Waals surface area contributed by atoms with Gasteiger partial charge in [0.15, 0.2) is 0 Å². The van der Waals surface area contributed by atoms with Crippen LogP contribution in [-0.2, 0) is 6.42 Å². The monoisotopic (exact) mass is 263 g/mol. The largest absolute Gasteiger partial charge is 0.387 e. The Bertz CT molecular complexity index is 356. The van der Waals surface area contributed by atoms with Crippen molar-refractivity contribution >= 4 is 0 Å². The summed E-state index contributed by atoms with van der Waals surface area (Å²) >= 11 is 0. The molecule has 1 rings (SSSR count). The Morgan fingerprint density at radius 3 is 2.05 bits per heavy atom. The Morgan fingerprint density at radius 1 is 1.05 bits per heavy atom. The SMILES string of the molecule is CCNC(C(C)C)C(O)c1ccc(CC(C)C)cc1. The Morgan fingerprint density at radius 2 is 1.63 bits per heavy atom. The summed E-state index contributed by atoms with van der Waals surface area (Å²) in [6.07, 6.45) is 0.657. The highest BCUT2D eigenvalue weighted by Crippen LogP contribution is 2.22. The third-order valence-electron chi connectivity index (χ3n) is 3.46. The minimum atomic E-state index is -0.437. The zero-order chi connectivity index (χ0) is 14.4. The van der Waals surface area contributed by atoms with E-state index < -0.39 is 6.10 Å². The fourth-order valence-corrected chi connectivity index (χ4v) is 2.48. The molecule has 0 saturated carbocycles. The molecule has 0 aliphatic heterocycles. The van der Waals surface area contributed by atoms with Crippen molar-refractivity contribution in [2.24, 2.45) is 11.8 Å². The maximum absolute atomic E-state index is 10.5. The van der Waals surface area contributed by atoms with E-state index in [1.54, 1.807) is 0 Å². The van der Waals surface area contributed by atoms with Gasteiger partial charge in [0.2, 0.25) is 0 Å². The van der Waals surface area contributed by atoms with Gasteiger partial charge in [-0.15, -0.1) is 0 Å². The molecule has 2 nitrogen and oxygen atoms in total. The highest BCUT2D eigenvalue weighted by molar-refractivity contribution is 5.25. The van der Waals surface area contributed by atoms with Crippen molar-refractivity contribution in [2.75, 3.05) is 6.54 Å². The van der Waals surface area contributed by atoms with Gasteiger partial charge >= 0.3 is 0 Å². The molecule has 0 aromatic heterocycles. The van der Waals surface area contributed by atoms with Crippen LogP contribution in [0.15, 0.2) is 24.3 Å². The van der Waals surface area contributed by atoms with Gasteiger partial charge in [-0.25, -0.2) is 0 Å². The van der Waals surface area contributed by atoms with Crippen LogP contribution in [-0.4, -0.2) is 17.7 Å². The van der Waals surface area contributed by atoms with Crippen molar-refractivity contribution < 1.29 is 5.11 Å². The smallest absolute Gasteiger partial charge is 0.0945 e. The fraction of sp³-hybridized carbons (Fsp3) is 0.647. The maximum Gasteiger partial charge on any atom is 0.0945 e. The van der Waals surface area contributed by atoms with Gasteiger partial charge in [0.05, 0.1) is 6.10 Å². The third kappa shape index (κ3) is 4.96. The molecule has 108 valence electrons. The summed E-state index contributed by atoms with van der Waals surface area (Å²) in [5.74, 6) is 1.08. The maximum atomic E-state index is 10.5. The van der Waals surface area contributed by atoms with Gasteiger partial charge in [-0.1, -0.05) is 58.9 Å². The zero-order valence-corrected chi connectivity index (χ0v) is 13.0. The van der Waals surface area contributed by atoms with E-state index in [-0.39, 0.29) is 6.04 Å². The van der Waals surface area contributed by atoms with Gasteiger partial charge in [-0.2, -0.15) is 0 Å². The Hall–Kier alpha value is -0.860. The van der Waals surface area contributed by atoms with Crippen LogP contribution in [0.5, 0.6) is 0 Å². The number of hydrogen-bond donors (Lipinski definition) is 2. The molecule has 0 bridgehead atoms. The molecule has 0 aliphatic carbocycles. The summed E-state index contributed by atoms with van der Waals surface area (Å²) < 4.78 is 0. The molecule has 0 radical (unpaired) electrons. The van der Waals surface area contributed by atoms with Crippen LogP contribution in [0.25, 0.3) is 0 Å². The second-order valence-electron chi connectivity index (χ2n) is 6.11. The highest BCUT2D eigenvalue weighted by atomic mass is 16.3. The summed E-state index contributed by atoms with van der Waals surface area (Å²) in [4.78, 5) is 0. The molecular weight excluding hydrogens is 234 g/mol. The quantitative estimate of drug-likeness (QED) is 0.788. The van der Waals surface area contributed by atoms with Gasteiger partial charge in [0, 0.05) is 6.04 Å². The summed E-state index contributed by atoms with van der Waals surface area (Å²) in [7, 11) is 0. The number of benzene rings is 1. The van der Waals surface area contributed by atoms with E-state index in [1.165, 1.54) is 5.56 Å². The Balaban J connectivity index is 2.78. The minimum absolute atomic E-state index is 0.112. The summed E-state index contributed by atoms with van der Waals surface area (Å²) in [6.45, 7) is 11.7. The molecule has 2 atom stereocenters. The van der Waals surface area contributed by atoms with Crippen LogP contribution in [0.3, 0.4) is 0 Å². The van der Waals surface area contributed by atoms with Crippen molar-refractivity contribution in [2.45, 2.75) is 53.2 Å². The molecule has 2 unspecified atom stereocenters. The number of rotatable bonds is 7. The first kappa shape index (κ1) is 16.2. The van der Waals surface area contributed by atoms with E-state index in [4.69, 9.17) is 0 Å². The lowest BCUT2D eigenvalue weighted by Crippen LogP contribution is -2.39. The van der Waals surface area contributed by atoms with Crippen molar-refractivity contribution in [1.29, 1.82) is 0 Å². The van der Waals surface area contributed by atoms with Crippen molar-refractivity contribution in [3.63, 3.8) is 0 Å². The molecule has 0 saturated heterocycles. The topological polar surface area (TPSA) is 32.3 Å². The standard InChI is InChI=1S/C17H29NO/c1-6-18-16(13(4)5)17(19)15-9-7-14(8-10-15)11-12(2)3/h7-10,12-13,16-19H,6,11H2,1-5H3. The second-order valence-corrected chi connectivity index (χ2v) is 6.11. The van der Waals surface area contributed by atoms with E-state index in [2.05, 4.69) is 64.2 Å². The average molecular weight is 263 g/mol. The normalized spacial score (nSPS) is 14.9. The predicted octanol–water partition coefficient (Wildman–Crippen LogP) is 3.55. The number of hydrogen-bond acceptors (Lipinski definition) is 2. The van der Waals surface area contributed by atoms with E-state index in [0.29, 0.717) is 11.8 Å². The average Bonchev–Trinajstić information content (AvgIpc) is 2.35. The molecule has 0 heterocycles. The van der Waals surface area contributed by atoms with Gasteiger partial charge in [0.1, 0.15) is 0 Å². The first-order valence-corrected chi connectivity index (χ1v) is 7.46. The van der Waals surface area contributed by atoms with Crippen molar-refractivity contribution in [3.05, 3.63) is 35.4 Å². The van der Waals surface area contributed by atoms with Gasteiger partial charge < -0.3 is 10.4 Å². The van der Waals surface area contributed by atoms with Crippen LogP contribution in [0, 0.1) is 11.8 Å². The van der Waals surface area contributed by atoms with E-state index >= 15 is 0 Å². The van der Waals surface area contributed by atoms with Crippen molar-refractivity contribution in [1.82, 2.24) is 5.32 Å². The lowest BCUT2D eigenvalue weighted by atomic mass is 9.92. The molecule has 0 aliphatic rings. The molecule has 1 aromatic rings. The molecular formula is C17H29NO. The van der Waals surface area contributed by atoms with E-state index in [9.17, 15) is 5.11 Å². The number of aliphatic hydroxyl groups is 1.